The standard InChI is InChI=1S/C12H15NOS/c1-10(14)11-6-4-3-5-7-12(8-11)13-9-15-2/h5-9H,3-4H2,1-2H3/b7-5?,11-6+,12-8+,13-9-. The van der Waals surface area contributed by atoms with Gasteiger partial charge in [0.25, 0.3) is 0 Å². The number of aliphatic imine (C=N–C) groups is 1. The number of ketones is 1. The van der Waals surface area contributed by atoms with Crippen LogP contribution in [-0.4, -0.2) is 17.6 Å². The lowest BCUT2D eigenvalue weighted by Crippen LogP contribution is -1.95. The van der Waals surface area contributed by atoms with E-state index in [-0.39, 0.29) is 5.78 Å². The maximum Gasteiger partial charge on any atom is 0.159 e. The van der Waals surface area contributed by atoms with Crippen molar-refractivity contribution in [2.75, 3.05) is 6.26 Å². The van der Waals surface area contributed by atoms with E-state index in [1.54, 1.807) is 24.2 Å². The molecule has 0 spiro atoms. The van der Waals surface area contributed by atoms with Crippen LogP contribution in [0, 0.1) is 0 Å². The van der Waals surface area contributed by atoms with Gasteiger partial charge in [-0.25, -0.2) is 0 Å². The number of rotatable bonds is 3. The van der Waals surface area contributed by atoms with Crippen molar-refractivity contribution in [3.63, 3.8) is 0 Å². The van der Waals surface area contributed by atoms with Crippen molar-refractivity contribution in [2.24, 2.45) is 4.99 Å². The summed E-state index contributed by atoms with van der Waals surface area (Å²) in [5.74, 6) is 0.0992. The minimum Gasteiger partial charge on any atom is -0.295 e. The topological polar surface area (TPSA) is 29.4 Å². The third-order valence-electron chi connectivity index (χ3n) is 2.00. The molecule has 0 unspecified atom stereocenters. The van der Waals surface area contributed by atoms with Gasteiger partial charge in [0.05, 0.1) is 11.2 Å². The van der Waals surface area contributed by atoms with Gasteiger partial charge >= 0.3 is 0 Å². The van der Waals surface area contributed by atoms with Gasteiger partial charge in [-0.15, -0.1) is 11.8 Å². The molecule has 0 saturated heterocycles. The number of carbonyl (C=O) groups excluding carboxylic acids is 1. The molecule has 0 aromatic heterocycles. The number of thioether (sulfide) groups is 1. The van der Waals surface area contributed by atoms with Crippen molar-refractivity contribution >= 4 is 23.1 Å². The Morgan fingerprint density at radius 2 is 2.33 bits per heavy atom. The van der Waals surface area contributed by atoms with Gasteiger partial charge in [-0.05, 0) is 38.2 Å². The van der Waals surface area contributed by atoms with E-state index in [9.17, 15) is 4.79 Å². The molecule has 0 amide bonds. The van der Waals surface area contributed by atoms with E-state index in [4.69, 9.17) is 0 Å². The summed E-state index contributed by atoms with van der Waals surface area (Å²) in [6.45, 7) is 1.59. The molecule has 0 saturated carbocycles. The van der Waals surface area contributed by atoms with E-state index in [2.05, 4.69) is 11.1 Å². The Balaban J connectivity index is 2.94. The molecule has 1 rings (SSSR count). The first-order valence-corrected chi connectivity index (χ1v) is 6.17. The lowest BCUT2D eigenvalue weighted by molar-refractivity contribution is -0.113. The molecular weight excluding hydrogens is 206 g/mol. The van der Waals surface area contributed by atoms with Crippen LogP contribution in [0.25, 0.3) is 0 Å². The molecule has 0 aliphatic heterocycles. The Labute approximate surface area is 94.9 Å². The van der Waals surface area contributed by atoms with Crippen molar-refractivity contribution in [3.8, 4) is 0 Å². The Bertz CT molecular complexity index is 351. The highest BCUT2D eigenvalue weighted by Crippen LogP contribution is 2.13. The van der Waals surface area contributed by atoms with Crippen LogP contribution in [0.15, 0.2) is 40.6 Å². The molecule has 0 radical (unpaired) electrons. The molecule has 80 valence electrons. The summed E-state index contributed by atoms with van der Waals surface area (Å²) in [6.07, 6.45) is 11.7. The average Bonchev–Trinajstić information content (AvgIpc) is 2.15. The summed E-state index contributed by atoms with van der Waals surface area (Å²) in [4.78, 5) is 15.5. The Hall–Kier alpha value is -1.09. The van der Waals surface area contributed by atoms with Gasteiger partial charge in [0.15, 0.2) is 5.78 Å². The second-order valence-corrected chi connectivity index (χ2v) is 3.92. The van der Waals surface area contributed by atoms with E-state index in [0.717, 1.165) is 24.1 Å². The molecule has 0 aromatic carbocycles. The van der Waals surface area contributed by atoms with Crippen molar-refractivity contribution in [1.29, 1.82) is 0 Å². The van der Waals surface area contributed by atoms with Gasteiger partial charge in [-0.2, -0.15) is 0 Å². The van der Waals surface area contributed by atoms with Crippen molar-refractivity contribution in [3.05, 3.63) is 35.6 Å². The van der Waals surface area contributed by atoms with Crippen molar-refractivity contribution < 1.29 is 4.79 Å². The molecule has 0 N–H and O–H groups in total. The Kier molecular flexibility index (Phi) is 5.12. The molecule has 15 heavy (non-hydrogen) atoms. The van der Waals surface area contributed by atoms with Gasteiger partial charge in [0.2, 0.25) is 0 Å². The van der Waals surface area contributed by atoms with Gasteiger partial charge in [-0.1, -0.05) is 12.2 Å². The zero-order valence-electron chi connectivity index (χ0n) is 9.06. The monoisotopic (exact) mass is 221 g/mol. The number of nitrogens with zero attached hydrogens (tertiary/aromatic N) is 1. The first-order valence-electron chi connectivity index (χ1n) is 4.88. The van der Waals surface area contributed by atoms with Crippen LogP contribution < -0.4 is 0 Å². The van der Waals surface area contributed by atoms with E-state index in [0.29, 0.717) is 0 Å². The molecule has 1 aliphatic rings. The van der Waals surface area contributed by atoms with Crippen LogP contribution in [0.2, 0.25) is 0 Å². The number of allylic oxidation sites excluding steroid dienone is 5. The highest BCUT2D eigenvalue weighted by atomic mass is 32.2. The third-order valence-corrected chi connectivity index (χ3v) is 2.32. The molecule has 0 fully saturated rings. The normalized spacial score (nSPS) is 23.9. The number of hydrogen-bond donors (Lipinski definition) is 0. The number of hydrogen-bond acceptors (Lipinski definition) is 3. The number of carbonyl (C=O) groups is 1. The predicted molar refractivity (Wildman–Crippen MR) is 67.2 cm³/mol. The third kappa shape index (κ3) is 4.30. The Morgan fingerprint density at radius 3 is 3.00 bits per heavy atom. The summed E-state index contributed by atoms with van der Waals surface area (Å²) in [5, 5.41) is 0. The zero-order chi connectivity index (χ0) is 11.1. The van der Waals surface area contributed by atoms with Gasteiger partial charge in [0.1, 0.15) is 0 Å². The van der Waals surface area contributed by atoms with Crippen LogP contribution in [0.5, 0.6) is 0 Å². The number of Topliss-reactive ketones (excluding diaryl/α,β-unsaturated/α-hetero) is 1. The van der Waals surface area contributed by atoms with Crippen LogP contribution in [0.4, 0.5) is 0 Å². The second-order valence-electron chi connectivity index (χ2n) is 3.23. The fraction of sp³-hybridized carbons (Fsp3) is 0.333. The summed E-state index contributed by atoms with van der Waals surface area (Å²) < 4.78 is 0. The van der Waals surface area contributed by atoms with Crippen molar-refractivity contribution in [1.82, 2.24) is 0 Å². The molecule has 0 bridgehead atoms. The zero-order valence-corrected chi connectivity index (χ0v) is 9.88. The van der Waals surface area contributed by atoms with E-state index in [1.165, 1.54) is 0 Å². The predicted octanol–water partition coefficient (Wildman–Crippen LogP) is 3.13. The molecule has 0 atom stereocenters. The minimum absolute atomic E-state index is 0.0992. The van der Waals surface area contributed by atoms with Gasteiger partial charge < -0.3 is 0 Å². The smallest absolute Gasteiger partial charge is 0.159 e. The van der Waals surface area contributed by atoms with E-state index in [1.807, 2.05) is 24.5 Å². The molecule has 1 aliphatic carbocycles. The maximum absolute atomic E-state index is 11.3. The summed E-state index contributed by atoms with van der Waals surface area (Å²) in [5.41, 5.74) is 3.37. The average molecular weight is 221 g/mol. The first kappa shape index (κ1) is 12.0. The van der Waals surface area contributed by atoms with Crippen LogP contribution in [-0.2, 0) is 4.79 Å². The highest BCUT2D eigenvalue weighted by molar-refractivity contribution is 8.11. The van der Waals surface area contributed by atoms with Gasteiger partial charge in [-0.3, -0.25) is 9.79 Å². The summed E-state index contributed by atoms with van der Waals surface area (Å²) in [6, 6.07) is 0. The van der Waals surface area contributed by atoms with E-state index >= 15 is 0 Å². The molecule has 0 heterocycles. The lowest BCUT2D eigenvalue weighted by atomic mass is 10.1. The molecule has 0 aromatic rings. The summed E-state index contributed by atoms with van der Waals surface area (Å²) >= 11 is 1.55. The van der Waals surface area contributed by atoms with Crippen LogP contribution >= 0.6 is 11.8 Å². The second kappa shape index (κ2) is 6.40. The van der Waals surface area contributed by atoms with Gasteiger partial charge in [0, 0.05) is 5.57 Å². The van der Waals surface area contributed by atoms with Crippen LogP contribution in [0.3, 0.4) is 0 Å². The highest BCUT2D eigenvalue weighted by Gasteiger charge is 2.02. The van der Waals surface area contributed by atoms with Crippen LogP contribution in [0.1, 0.15) is 19.8 Å². The quantitative estimate of drug-likeness (QED) is 0.541. The van der Waals surface area contributed by atoms with E-state index < -0.39 is 0 Å². The molecule has 3 heteroatoms. The summed E-state index contributed by atoms with van der Waals surface area (Å²) in [7, 11) is 0. The fourth-order valence-corrected chi connectivity index (χ4v) is 1.47. The van der Waals surface area contributed by atoms with Crippen molar-refractivity contribution in [2.45, 2.75) is 19.8 Å². The minimum atomic E-state index is 0.0992. The molecular formula is C12H15NOS. The largest absolute Gasteiger partial charge is 0.295 e. The fourth-order valence-electron chi connectivity index (χ4n) is 1.24. The Morgan fingerprint density at radius 1 is 1.53 bits per heavy atom. The SMILES string of the molecule is CS\C=N/C1=C/C(C(C)=O)=C\CCC=C1. The molecule has 2 nitrogen and oxygen atoms in total. The maximum atomic E-state index is 11.3. The lowest BCUT2D eigenvalue weighted by Gasteiger charge is -2.02. The first-order chi connectivity index (χ1) is 7.24.